The summed E-state index contributed by atoms with van der Waals surface area (Å²) in [5.41, 5.74) is 7.17. The van der Waals surface area contributed by atoms with Crippen LogP contribution in [0.15, 0.2) is 51.8 Å². The number of benzene rings is 2. The minimum Gasteiger partial charge on any atom is -0.398 e. The van der Waals surface area contributed by atoms with Crippen molar-refractivity contribution in [3.8, 4) is 0 Å². The first kappa shape index (κ1) is 14.7. The number of anilines is 1. The van der Waals surface area contributed by atoms with E-state index in [1.807, 2.05) is 6.07 Å². The van der Waals surface area contributed by atoms with Gasteiger partial charge in [-0.25, -0.2) is 0 Å². The molecule has 20 heavy (non-hydrogen) atoms. The van der Waals surface area contributed by atoms with E-state index in [9.17, 15) is 14.3 Å². The number of hydrogen-bond donors (Lipinski definition) is 1. The van der Waals surface area contributed by atoms with Crippen LogP contribution in [-0.2, 0) is 16.6 Å². The van der Waals surface area contributed by atoms with Gasteiger partial charge in [0.05, 0.1) is 21.5 Å². The molecule has 0 aliphatic rings. The second-order valence-electron chi connectivity index (χ2n) is 4.06. The average molecular weight is 355 g/mol. The Balaban J connectivity index is 2.20. The monoisotopic (exact) mass is 354 g/mol. The van der Waals surface area contributed by atoms with Gasteiger partial charge in [-0.05, 0) is 39.7 Å². The average Bonchev–Trinajstić information content (AvgIpc) is 2.44. The van der Waals surface area contributed by atoms with Gasteiger partial charge in [0.15, 0.2) is 0 Å². The maximum Gasteiger partial charge on any atom is 0.269 e. The first-order valence-electron chi connectivity index (χ1n) is 5.64. The lowest BCUT2D eigenvalue weighted by atomic mass is 10.2. The van der Waals surface area contributed by atoms with Crippen molar-refractivity contribution in [2.75, 3.05) is 5.73 Å². The molecule has 2 aromatic carbocycles. The minimum atomic E-state index is -1.28. The Labute approximate surface area is 126 Å². The fourth-order valence-corrected chi connectivity index (χ4v) is 3.37. The molecular formula is C13H11BrN2O3S. The third-order valence-corrected chi connectivity index (χ3v) is 5.04. The summed E-state index contributed by atoms with van der Waals surface area (Å²) in [6, 6.07) is 11.1. The van der Waals surface area contributed by atoms with Gasteiger partial charge < -0.3 is 5.73 Å². The van der Waals surface area contributed by atoms with Crippen LogP contribution in [0, 0.1) is 10.1 Å². The maximum atomic E-state index is 12.2. The lowest BCUT2D eigenvalue weighted by molar-refractivity contribution is -0.384. The van der Waals surface area contributed by atoms with E-state index >= 15 is 0 Å². The molecule has 0 saturated heterocycles. The highest BCUT2D eigenvalue weighted by Crippen LogP contribution is 2.26. The fraction of sp³-hybridized carbons (Fsp3) is 0.0769. The van der Waals surface area contributed by atoms with Crippen LogP contribution in [0.4, 0.5) is 11.4 Å². The van der Waals surface area contributed by atoms with Crippen LogP contribution in [0.1, 0.15) is 5.56 Å². The maximum absolute atomic E-state index is 12.2. The fourth-order valence-electron chi connectivity index (χ4n) is 1.66. The second kappa shape index (κ2) is 6.15. The van der Waals surface area contributed by atoms with Gasteiger partial charge >= 0.3 is 0 Å². The van der Waals surface area contributed by atoms with Gasteiger partial charge in [0.25, 0.3) is 5.69 Å². The van der Waals surface area contributed by atoms with E-state index < -0.39 is 15.7 Å². The molecule has 0 aliphatic carbocycles. The van der Waals surface area contributed by atoms with Gasteiger partial charge in [0.2, 0.25) is 0 Å². The van der Waals surface area contributed by atoms with Gasteiger partial charge in [-0.2, -0.15) is 0 Å². The van der Waals surface area contributed by atoms with Crippen molar-refractivity contribution in [1.82, 2.24) is 0 Å². The molecule has 0 aromatic heterocycles. The summed E-state index contributed by atoms with van der Waals surface area (Å²) in [5.74, 6) is 0.295. The Bertz CT molecular complexity index is 674. The lowest BCUT2D eigenvalue weighted by Gasteiger charge is -2.07. The molecule has 5 nitrogen and oxygen atoms in total. The smallest absolute Gasteiger partial charge is 0.269 e. The molecule has 2 N–H and O–H groups in total. The van der Waals surface area contributed by atoms with Crippen molar-refractivity contribution in [2.24, 2.45) is 0 Å². The highest BCUT2D eigenvalue weighted by molar-refractivity contribution is 9.10. The first-order chi connectivity index (χ1) is 9.49. The van der Waals surface area contributed by atoms with Crippen LogP contribution in [-0.4, -0.2) is 9.13 Å². The van der Waals surface area contributed by atoms with Gasteiger partial charge in [0, 0.05) is 27.2 Å². The molecule has 0 radical (unpaired) electrons. The van der Waals surface area contributed by atoms with Crippen molar-refractivity contribution in [2.45, 2.75) is 10.6 Å². The van der Waals surface area contributed by atoms with Crippen LogP contribution < -0.4 is 5.73 Å². The van der Waals surface area contributed by atoms with Crippen molar-refractivity contribution < 1.29 is 9.13 Å². The summed E-state index contributed by atoms with van der Waals surface area (Å²) in [6.07, 6.45) is 0. The minimum absolute atomic E-state index is 0.0177. The number of nitrogen functional groups attached to an aromatic ring is 1. The standard InChI is InChI=1S/C13H11BrN2O3S/c14-13-9(2-1-3-12(13)15)8-20(19)11-6-4-10(5-7-11)16(17)18/h1-7H,8,15H2. The molecule has 0 bridgehead atoms. The van der Waals surface area contributed by atoms with Crippen LogP contribution in [0.5, 0.6) is 0 Å². The molecular weight excluding hydrogens is 344 g/mol. The van der Waals surface area contributed by atoms with E-state index in [-0.39, 0.29) is 5.69 Å². The number of nitro benzene ring substituents is 1. The van der Waals surface area contributed by atoms with Gasteiger partial charge in [-0.3, -0.25) is 14.3 Å². The molecule has 2 aromatic rings. The predicted molar refractivity (Wildman–Crippen MR) is 81.8 cm³/mol. The Hall–Kier alpha value is -1.73. The molecule has 0 spiro atoms. The zero-order valence-corrected chi connectivity index (χ0v) is 12.7. The molecule has 0 amide bonds. The summed E-state index contributed by atoms with van der Waals surface area (Å²) >= 11 is 3.36. The number of halogens is 1. The lowest BCUT2D eigenvalue weighted by Crippen LogP contribution is -1.99. The van der Waals surface area contributed by atoms with Crippen molar-refractivity contribution in [3.63, 3.8) is 0 Å². The number of non-ortho nitro benzene ring substituents is 1. The molecule has 0 aliphatic heterocycles. The Morgan fingerprint density at radius 1 is 1.20 bits per heavy atom. The van der Waals surface area contributed by atoms with Crippen LogP contribution in [0.3, 0.4) is 0 Å². The summed E-state index contributed by atoms with van der Waals surface area (Å²) in [6.45, 7) is 0. The van der Waals surface area contributed by atoms with Crippen LogP contribution >= 0.6 is 15.9 Å². The molecule has 1 unspecified atom stereocenters. The van der Waals surface area contributed by atoms with Crippen molar-refractivity contribution >= 4 is 38.1 Å². The molecule has 104 valence electrons. The second-order valence-corrected chi connectivity index (χ2v) is 6.31. The van der Waals surface area contributed by atoms with E-state index in [2.05, 4.69) is 15.9 Å². The third-order valence-electron chi connectivity index (χ3n) is 2.71. The third kappa shape index (κ3) is 3.23. The van der Waals surface area contributed by atoms with Crippen LogP contribution in [0.2, 0.25) is 0 Å². The van der Waals surface area contributed by atoms with E-state index in [4.69, 9.17) is 5.73 Å². The Morgan fingerprint density at radius 2 is 1.85 bits per heavy atom. The van der Waals surface area contributed by atoms with Crippen LogP contribution in [0.25, 0.3) is 0 Å². The van der Waals surface area contributed by atoms with Gasteiger partial charge in [0.1, 0.15) is 0 Å². The van der Waals surface area contributed by atoms with Gasteiger partial charge in [-0.1, -0.05) is 12.1 Å². The number of nitrogens with zero attached hydrogens (tertiary/aromatic N) is 1. The quantitative estimate of drug-likeness (QED) is 0.518. The zero-order chi connectivity index (χ0) is 14.7. The summed E-state index contributed by atoms with van der Waals surface area (Å²) < 4.78 is 13.0. The number of rotatable bonds is 4. The molecule has 0 fully saturated rings. The summed E-state index contributed by atoms with van der Waals surface area (Å²) in [7, 11) is -1.28. The number of nitrogens with two attached hydrogens (primary N) is 1. The zero-order valence-electron chi connectivity index (χ0n) is 10.3. The van der Waals surface area contributed by atoms with Gasteiger partial charge in [-0.15, -0.1) is 0 Å². The van der Waals surface area contributed by atoms with E-state index in [1.54, 1.807) is 12.1 Å². The Kier molecular flexibility index (Phi) is 4.51. The molecule has 1 atom stereocenters. The summed E-state index contributed by atoms with van der Waals surface area (Å²) in [5, 5.41) is 10.6. The molecule has 0 heterocycles. The molecule has 0 saturated carbocycles. The highest BCUT2D eigenvalue weighted by atomic mass is 79.9. The van der Waals surface area contributed by atoms with E-state index in [1.165, 1.54) is 24.3 Å². The summed E-state index contributed by atoms with van der Waals surface area (Å²) in [4.78, 5) is 10.6. The SMILES string of the molecule is Nc1cccc(CS(=O)c2ccc([N+](=O)[O-])cc2)c1Br. The molecule has 2 rings (SSSR count). The number of hydrogen-bond acceptors (Lipinski definition) is 4. The van der Waals surface area contributed by atoms with E-state index in [0.717, 1.165) is 10.0 Å². The normalized spacial score (nSPS) is 12.1. The molecule has 7 heteroatoms. The predicted octanol–water partition coefficient (Wildman–Crippen LogP) is 3.25. The number of nitro groups is 1. The first-order valence-corrected chi connectivity index (χ1v) is 7.76. The Morgan fingerprint density at radius 3 is 2.45 bits per heavy atom. The van der Waals surface area contributed by atoms with Crippen molar-refractivity contribution in [3.05, 3.63) is 62.6 Å². The van der Waals surface area contributed by atoms with E-state index in [0.29, 0.717) is 16.3 Å². The topological polar surface area (TPSA) is 86.2 Å². The van der Waals surface area contributed by atoms with Crippen molar-refractivity contribution in [1.29, 1.82) is 0 Å². The highest BCUT2D eigenvalue weighted by Gasteiger charge is 2.11. The largest absolute Gasteiger partial charge is 0.398 e.